The van der Waals surface area contributed by atoms with Crippen LogP contribution in [0.5, 0.6) is 5.75 Å². The molecule has 0 unspecified atom stereocenters. The van der Waals surface area contributed by atoms with Crippen LogP contribution in [-0.2, 0) is 0 Å². The molecule has 1 aromatic carbocycles. The van der Waals surface area contributed by atoms with E-state index in [0.29, 0.717) is 0 Å². The standard InChI is InChI=1S/C14H20O2/c1-14(2,15)11-7-6-9-12-8-4-5-10-13(12)16-3/h4-6,8-10,15H,7,11H2,1-3H3/b9-6-. The lowest BCUT2D eigenvalue weighted by Crippen LogP contribution is -2.17. The Labute approximate surface area is 97.6 Å². The highest BCUT2D eigenvalue weighted by Crippen LogP contribution is 2.19. The lowest BCUT2D eigenvalue weighted by Gasteiger charge is -2.14. The van der Waals surface area contributed by atoms with Gasteiger partial charge < -0.3 is 9.84 Å². The van der Waals surface area contributed by atoms with Gasteiger partial charge in [0.1, 0.15) is 5.75 Å². The molecule has 1 N–H and O–H groups in total. The fourth-order valence-electron chi connectivity index (χ4n) is 1.45. The summed E-state index contributed by atoms with van der Waals surface area (Å²) in [5, 5.41) is 9.56. The Morgan fingerprint density at radius 2 is 2.00 bits per heavy atom. The van der Waals surface area contributed by atoms with E-state index in [-0.39, 0.29) is 0 Å². The summed E-state index contributed by atoms with van der Waals surface area (Å²) in [7, 11) is 1.67. The molecule has 0 saturated heterocycles. The number of allylic oxidation sites excluding steroid dienone is 1. The first-order valence-electron chi connectivity index (χ1n) is 5.55. The van der Waals surface area contributed by atoms with E-state index in [1.54, 1.807) is 7.11 Å². The summed E-state index contributed by atoms with van der Waals surface area (Å²) in [4.78, 5) is 0. The number of hydrogen-bond acceptors (Lipinski definition) is 2. The van der Waals surface area contributed by atoms with Crippen LogP contribution in [-0.4, -0.2) is 17.8 Å². The zero-order valence-electron chi connectivity index (χ0n) is 10.2. The van der Waals surface area contributed by atoms with Crippen LogP contribution in [0.3, 0.4) is 0 Å². The average molecular weight is 220 g/mol. The molecule has 0 aliphatic heterocycles. The van der Waals surface area contributed by atoms with Crippen LogP contribution in [0.1, 0.15) is 32.3 Å². The van der Waals surface area contributed by atoms with Gasteiger partial charge in [0.25, 0.3) is 0 Å². The molecule has 16 heavy (non-hydrogen) atoms. The molecule has 0 amide bonds. The summed E-state index contributed by atoms with van der Waals surface area (Å²) in [5.41, 5.74) is 0.478. The third-order valence-electron chi connectivity index (χ3n) is 2.36. The number of benzene rings is 1. The highest BCUT2D eigenvalue weighted by molar-refractivity contribution is 5.56. The van der Waals surface area contributed by atoms with Gasteiger partial charge in [-0.3, -0.25) is 0 Å². The predicted molar refractivity (Wildman–Crippen MR) is 67.6 cm³/mol. The van der Waals surface area contributed by atoms with Gasteiger partial charge in [-0.1, -0.05) is 30.4 Å². The summed E-state index contributed by atoms with van der Waals surface area (Å²) in [6.45, 7) is 3.65. The number of rotatable bonds is 5. The molecule has 0 saturated carbocycles. The zero-order valence-corrected chi connectivity index (χ0v) is 10.2. The van der Waals surface area contributed by atoms with Crippen molar-refractivity contribution in [1.82, 2.24) is 0 Å². The van der Waals surface area contributed by atoms with Gasteiger partial charge in [-0.05, 0) is 32.8 Å². The SMILES string of the molecule is COc1ccccc1/C=C\CCC(C)(C)O. The number of para-hydroxylation sites is 1. The Balaban J connectivity index is 2.56. The topological polar surface area (TPSA) is 29.5 Å². The maximum absolute atomic E-state index is 9.56. The highest BCUT2D eigenvalue weighted by Gasteiger charge is 2.09. The maximum atomic E-state index is 9.56. The first-order valence-corrected chi connectivity index (χ1v) is 5.55. The van der Waals surface area contributed by atoms with Crippen molar-refractivity contribution in [2.24, 2.45) is 0 Å². The van der Waals surface area contributed by atoms with Gasteiger partial charge in [0.2, 0.25) is 0 Å². The number of ether oxygens (including phenoxy) is 1. The summed E-state index contributed by atoms with van der Waals surface area (Å²) >= 11 is 0. The van der Waals surface area contributed by atoms with Crippen molar-refractivity contribution in [2.45, 2.75) is 32.3 Å². The molecule has 0 heterocycles. The van der Waals surface area contributed by atoms with Gasteiger partial charge in [-0.15, -0.1) is 0 Å². The minimum absolute atomic E-state index is 0.592. The summed E-state index contributed by atoms with van der Waals surface area (Å²) in [6.07, 6.45) is 5.72. The molecule has 1 aromatic rings. The Morgan fingerprint density at radius 1 is 1.31 bits per heavy atom. The minimum atomic E-state index is -0.592. The first-order chi connectivity index (χ1) is 7.53. The van der Waals surface area contributed by atoms with Gasteiger partial charge in [-0.2, -0.15) is 0 Å². The molecule has 0 aromatic heterocycles. The number of methoxy groups -OCH3 is 1. The zero-order chi connectivity index (χ0) is 12.0. The number of aliphatic hydroxyl groups is 1. The Bertz CT molecular complexity index is 348. The van der Waals surface area contributed by atoms with Crippen molar-refractivity contribution in [3.63, 3.8) is 0 Å². The van der Waals surface area contributed by atoms with Gasteiger partial charge in [0.15, 0.2) is 0 Å². The van der Waals surface area contributed by atoms with Crippen LogP contribution in [0.25, 0.3) is 6.08 Å². The van der Waals surface area contributed by atoms with Crippen LogP contribution in [0.15, 0.2) is 30.3 Å². The van der Waals surface area contributed by atoms with Crippen molar-refractivity contribution in [1.29, 1.82) is 0 Å². The van der Waals surface area contributed by atoms with Crippen LogP contribution >= 0.6 is 0 Å². The molecule has 2 nitrogen and oxygen atoms in total. The molecule has 0 fully saturated rings. The van der Waals surface area contributed by atoms with Gasteiger partial charge in [0, 0.05) is 5.56 Å². The quantitative estimate of drug-likeness (QED) is 0.825. The second-order valence-corrected chi connectivity index (χ2v) is 4.50. The van der Waals surface area contributed by atoms with Crippen molar-refractivity contribution in [3.8, 4) is 5.75 Å². The van der Waals surface area contributed by atoms with E-state index in [1.807, 2.05) is 44.2 Å². The van der Waals surface area contributed by atoms with Crippen molar-refractivity contribution >= 4 is 6.08 Å². The van der Waals surface area contributed by atoms with Crippen LogP contribution in [0.2, 0.25) is 0 Å². The molecule has 0 atom stereocenters. The molecule has 0 aliphatic carbocycles. The Kier molecular flexibility index (Phi) is 4.56. The van der Waals surface area contributed by atoms with Crippen molar-refractivity contribution < 1.29 is 9.84 Å². The molecule has 88 valence electrons. The summed E-state index contributed by atoms with van der Waals surface area (Å²) < 4.78 is 5.24. The third-order valence-corrected chi connectivity index (χ3v) is 2.36. The maximum Gasteiger partial charge on any atom is 0.126 e. The van der Waals surface area contributed by atoms with Gasteiger partial charge in [-0.25, -0.2) is 0 Å². The van der Waals surface area contributed by atoms with E-state index in [9.17, 15) is 5.11 Å². The molecule has 0 bridgehead atoms. The lowest BCUT2D eigenvalue weighted by molar-refractivity contribution is 0.0722. The van der Waals surface area contributed by atoms with Crippen LogP contribution < -0.4 is 4.74 Å². The van der Waals surface area contributed by atoms with Crippen LogP contribution in [0, 0.1) is 0 Å². The molecular formula is C14H20O2. The predicted octanol–water partition coefficient (Wildman–Crippen LogP) is 3.26. The molecule has 0 spiro atoms. The van der Waals surface area contributed by atoms with Crippen molar-refractivity contribution in [3.05, 3.63) is 35.9 Å². The molecule has 0 aliphatic rings. The second-order valence-electron chi connectivity index (χ2n) is 4.50. The van der Waals surface area contributed by atoms with Gasteiger partial charge in [0.05, 0.1) is 12.7 Å². The van der Waals surface area contributed by atoms with Crippen molar-refractivity contribution in [2.75, 3.05) is 7.11 Å². The Hall–Kier alpha value is -1.28. The average Bonchev–Trinajstić information content (AvgIpc) is 2.23. The highest BCUT2D eigenvalue weighted by atomic mass is 16.5. The Morgan fingerprint density at radius 3 is 2.62 bits per heavy atom. The summed E-state index contributed by atoms with van der Waals surface area (Å²) in [5.74, 6) is 0.877. The monoisotopic (exact) mass is 220 g/mol. The van der Waals surface area contributed by atoms with E-state index in [1.165, 1.54) is 0 Å². The van der Waals surface area contributed by atoms with E-state index < -0.39 is 5.60 Å². The first kappa shape index (κ1) is 12.8. The lowest BCUT2D eigenvalue weighted by atomic mass is 10.0. The fraction of sp³-hybridized carbons (Fsp3) is 0.429. The number of hydrogen-bond donors (Lipinski definition) is 1. The second kappa shape index (κ2) is 5.71. The van der Waals surface area contributed by atoms with E-state index in [0.717, 1.165) is 24.2 Å². The van der Waals surface area contributed by atoms with E-state index >= 15 is 0 Å². The smallest absolute Gasteiger partial charge is 0.126 e. The molecule has 2 heteroatoms. The van der Waals surface area contributed by atoms with E-state index in [2.05, 4.69) is 6.08 Å². The molecule has 1 rings (SSSR count). The fourth-order valence-corrected chi connectivity index (χ4v) is 1.45. The largest absolute Gasteiger partial charge is 0.496 e. The van der Waals surface area contributed by atoms with Gasteiger partial charge >= 0.3 is 0 Å². The third kappa shape index (κ3) is 4.49. The molecular weight excluding hydrogens is 200 g/mol. The van der Waals surface area contributed by atoms with E-state index in [4.69, 9.17) is 4.74 Å². The molecule has 0 radical (unpaired) electrons. The normalized spacial score (nSPS) is 12.0. The summed E-state index contributed by atoms with van der Waals surface area (Å²) in [6, 6.07) is 7.89. The minimum Gasteiger partial charge on any atom is -0.496 e. The van der Waals surface area contributed by atoms with Crippen LogP contribution in [0.4, 0.5) is 0 Å².